The molecule has 440 valence electrons. The van der Waals surface area contributed by atoms with Gasteiger partial charge in [0, 0.05) is 58.0 Å². The highest BCUT2D eigenvalue weighted by atomic mass is 16.6. The molecule has 1 unspecified atom stereocenters. The number of carbonyl (C=O) groups is 6. The van der Waals surface area contributed by atoms with Crippen molar-refractivity contribution in [2.24, 2.45) is 16.6 Å². The molecule has 2 aliphatic heterocycles. The molecule has 1 aliphatic carbocycles. The summed E-state index contributed by atoms with van der Waals surface area (Å²) in [7, 11) is 3.12. The topological polar surface area (TPSA) is 201 Å². The SMILES string of the molecule is COCC(c1ccccc1)N(Cc1ccc2c(ccn2C(=O)N[C@H]2C[C@@H](C(=O)N[C@@H]3CCCc4ccccc43)N(C(=O)[C@@H](NC(=O)[C@H](C)N(C)C(=O)OC(C)(C)C)C(C)(C)C)C2)c1)C(=O)[C@@H]1Cc2ccccc2CN1C[C@@H](N)C(C)(C)C. The molecule has 17 heteroatoms. The second-order valence-corrected chi connectivity index (χ2v) is 25.9. The predicted molar refractivity (Wildman–Crippen MR) is 318 cm³/mol. The van der Waals surface area contributed by atoms with Gasteiger partial charge in [-0.05, 0) is 122 Å². The molecule has 82 heavy (non-hydrogen) atoms. The van der Waals surface area contributed by atoms with Crippen molar-refractivity contribution in [1.29, 1.82) is 0 Å². The molecule has 0 radical (unpaired) electrons. The van der Waals surface area contributed by atoms with Crippen molar-refractivity contribution in [1.82, 2.24) is 40.1 Å². The lowest BCUT2D eigenvalue weighted by molar-refractivity contribution is -0.144. The van der Waals surface area contributed by atoms with Crippen LogP contribution in [-0.4, -0.2) is 136 Å². The Hall–Kier alpha value is -7.08. The Kier molecular flexibility index (Phi) is 18.7. The number of nitrogens with two attached hydrogens (primary N) is 1. The Morgan fingerprint density at radius 1 is 0.793 bits per heavy atom. The molecular weight excluding hydrogens is 1030 g/mol. The van der Waals surface area contributed by atoms with Gasteiger partial charge < -0.3 is 41.0 Å². The molecule has 8 atom stereocenters. The maximum absolute atomic E-state index is 15.5. The van der Waals surface area contributed by atoms with E-state index < -0.39 is 71.2 Å². The van der Waals surface area contributed by atoms with Crippen molar-refractivity contribution in [3.8, 4) is 0 Å². The number of nitrogens with one attached hydrogen (secondary N) is 3. The number of hydrogen-bond donors (Lipinski definition) is 4. The van der Waals surface area contributed by atoms with Crippen LogP contribution in [-0.2, 0) is 54.6 Å². The van der Waals surface area contributed by atoms with Gasteiger partial charge >= 0.3 is 12.1 Å². The van der Waals surface area contributed by atoms with Crippen LogP contribution in [0.3, 0.4) is 0 Å². The summed E-state index contributed by atoms with van der Waals surface area (Å²) in [6, 6.07) is 28.4. The summed E-state index contributed by atoms with van der Waals surface area (Å²) in [5, 5.41) is 10.1. The summed E-state index contributed by atoms with van der Waals surface area (Å²) in [4.78, 5) is 93.7. The average Bonchev–Trinajstić information content (AvgIpc) is 4.07. The summed E-state index contributed by atoms with van der Waals surface area (Å²) in [6.07, 6.45) is 4.17. The number of methoxy groups -OCH3 is 1. The molecule has 1 aromatic heterocycles. The second kappa shape index (κ2) is 25.2. The molecule has 0 bridgehead atoms. The molecule has 1 fully saturated rings. The van der Waals surface area contributed by atoms with Gasteiger partial charge in [0.2, 0.25) is 23.6 Å². The monoisotopic (exact) mass is 1120 g/mol. The van der Waals surface area contributed by atoms with Gasteiger partial charge in [0.1, 0.15) is 23.7 Å². The Bertz CT molecular complexity index is 3100. The maximum Gasteiger partial charge on any atom is 0.410 e. The Morgan fingerprint density at radius 2 is 1.46 bits per heavy atom. The van der Waals surface area contributed by atoms with E-state index in [4.69, 9.17) is 15.2 Å². The Balaban J connectivity index is 1.05. The van der Waals surface area contributed by atoms with Gasteiger partial charge in [0.15, 0.2) is 0 Å². The zero-order valence-electron chi connectivity index (χ0n) is 50.2. The van der Waals surface area contributed by atoms with E-state index in [1.54, 1.807) is 41.0 Å². The number of hydrogen-bond acceptors (Lipinski definition) is 10. The third-order valence-electron chi connectivity index (χ3n) is 16.6. The van der Waals surface area contributed by atoms with Gasteiger partial charge in [0.25, 0.3) is 0 Å². The molecule has 0 saturated carbocycles. The lowest BCUT2D eigenvalue weighted by Gasteiger charge is -2.43. The molecule has 5 aromatic rings. The highest BCUT2D eigenvalue weighted by Crippen LogP contribution is 2.34. The van der Waals surface area contributed by atoms with Gasteiger partial charge in [-0.25, -0.2) is 9.59 Å². The quantitative estimate of drug-likeness (QED) is 0.0741. The smallest absolute Gasteiger partial charge is 0.410 e. The summed E-state index contributed by atoms with van der Waals surface area (Å²) < 4.78 is 12.9. The number of likely N-dealkylation sites (N-methyl/N-ethyl adjacent to an activating group) is 1. The minimum Gasteiger partial charge on any atom is -0.444 e. The fraction of sp³-hybridized carbons (Fsp3) is 0.508. The number of aryl methyl sites for hydroxylation is 1. The fourth-order valence-corrected chi connectivity index (χ4v) is 11.5. The van der Waals surface area contributed by atoms with E-state index >= 15 is 9.59 Å². The Morgan fingerprint density at radius 3 is 2.13 bits per heavy atom. The van der Waals surface area contributed by atoms with E-state index in [9.17, 15) is 19.2 Å². The predicted octanol–water partition coefficient (Wildman–Crippen LogP) is 8.67. The van der Waals surface area contributed by atoms with Crippen molar-refractivity contribution < 1.29 is 38.2 Å². The number of aromatic nitrogens is 1. The lowest BCUT2D eigenvalue weighted by atomic mass is 9.85. The van der Waals surface area contributed by atoms with Crippen molar-refractivity contribution in [3.63, 3.8) is 0 Å². The zero-order valence-corrected chi connectivity index (χ0v) is 50.2. The van der Waals surface area contributed by atoms with Gasteiger partial charge in [0.05, 0.1) is 36.3 Å². The van der Waals surface area contributed by atoms with Crippen molar-refractivity contribution in [3.05, 3.63) is 143 Å². The van der Waals surface area contributed by atoms with E-state index in [2.05, 4.69) is 59.8 Å². The van der Waals surface area contributed by atoms with Crippen LogP contribution in [0.2, 0.25) is 0 Å². The second-order valence-electron chi connectivity index (χ2n) is 25.9. The minimum absolute atomic E-state index is 0.0108. The first kappa shape index (κ1) is 61.0. The van der Waals surface area contributed by atoms with Crippen LogP contribution in [0.4, 0.5) is 9.59 Å². The molecule has 0 spiro atoms. The first-order chi connectivity index (χ1) is 38.7. The van der Waals surface area contributed by atoms with Crippen LogP contribution < -0.4 is 21.7 Å². The third kappa shape index (κ3) is 14.2. The van der Waals surface area contributed by atoms with Crippen molar-refractivity contribution >= 4 is 46.7 Å². The lowest BCUT2D eigenvalue weighted by Crippen LogP contribution is -2.60. The van der Waals surface area contributed by atoms with Crippen LogP contribution in [0.15, 0.2) is 109 Å². The molecule has 6 amide bonds. The maximum atomic E-state index is 15.5. The van der Waals surface area contributed by atoms with E-state index in [1.165, 1.54) is 32.5 Å². The number of nitrogens with zero attached hydrogens (tertiary/aromatic N) is 5. The number of fused-ring (bicyclic) bond motifs is 3. The van der Waals surface area contributed by atoms with Crippen molar-refractivity contribution in [2.45, 2.75) is 168 Å². The van der Waals surface area contributed by atoms with Gasteiger partial charge in [-0.2, -0.15) is 0 Å². The first-order valence-corrected chi connectivity index (χ1v) is 29.0. The van der Waals surface area contributed by atoms with Crippen LogP contribution in [0.5, 0.6) is 0 Å². The van der Waals surface area contributed by atoms with Crippen LogP contribution in [0.1, 0.15) is 134 Å². The van der Waals surface area contributed by atoms with E-state index in [0.29, 0.717) is 25.0 Å². The fourth-order valence-electron chi connectivity index (χ4n) is 11.5. The molecule has 1 saturated heterocycles. The van der Waals surface area contributed by atoms with Gasteiger partial charge in [-0.15, -0.1) is 0 Å². The zero-order chi connectivity index (χ0) is 59.4. The average molecular weight is 1120 g/mol. The van der Waals surface area contributed by atoms with E-state index in [0.717, 1.165) is 46.9 Å². The highest BCUT2D eigenvalue weighted by Gasteiger charge is 2.47. The van der Waals surface area contributed by atoms with E-state index in [-0.39, 0.29) is 55.4 Å². The molecule has 5 N–H and O–H groups in total. The number of amides is 6. The molecular formula is C65H87N9O8. The first-order valence-electron chi connectivity index (χ1n) is 29.0. The molecule has 8 rings (SSSR count). The van der Waals surface area contributed by atoms with Crippen LogP contribution in [0.25, 0.3) is 10.9 Å². The molecule has 3 heterocycles. The third-order valence-corrected chi connectivity index (χ3v) is 16.6. The summed E-state index contributed by atoms with van der Waals surface area (Å²) in [6.45, 7) is 20.3. The number of benzene rings is 4. The Labute approximate surface area is 484 Å². The van der Waals surface area contributed by atoms with E-state index in [1.807, 2.05) is 111 Å². The summed E-state index contributed by atoms with van der Waals surface area (Å²) >= 11 is 0. The summed E-state index contributed by atoms with van der Waals surface area (Å²) in [5.74, 6) is -1.45. The number of carbonyl (C=O) groups excluding carboxylic acids is 6. The number of ether oxygens (including phenoxy) is 2. The largest absolute Gasteiger partial charge is 0.444 e. The van der Waals surface area contributed by atoms with Crippen molar-refractivity contribution in [2.75, 3.05) is 33.9 Å². The normalized spacial score (nSPS) is 19.9. The molecule has 3 aliphatic rings. The minimum atomic E-state index is -1.12. The number of likely N-dealkylation sites (tertiary alicyclic amines) is 1. The molecule has 4 aromatic carbocycles. The summed E-state index contributed by atoms with van der Waals surface area (Å²) in [5.41, 5.74) is 12.0. The standard InChI is InChI=1S/C65H87N9O8/c1-41(70(11)62(80)82-65(8,9)10)57(75)69-56(64(5,6)7)60(78)74-38-48(35-52(74)58(76)68-50-28-20-26-43-21-18-19-27-49(43)50)67-61(79)72-32-31-46-33-42(29-30-51(46)72)36-73(54(40-81-12)44-22-14-13-15-23-44)59(77)53-34-45-24-16-17-25-47(45)37-71(53)39-55(66)63(2,3)4/h13-19,21-25,27,29-33,41,48,50,52-56H,20,26,28,34-40,66H2,1-12H3,(H,67,79)(H,68,76)(H,69,75)/t41-,48-,50+,52-,53-,54?,55+,56+/m0/s1. The number of rotatable bonds is 16. The van der Waals surface area contributed by atoms with Crippen LogP contribution in [0, 0.1) is 10.8 Å². The van der Waals surface area contributed by atoms with Gasteiger partial charge in [-0.1, -0.05) is 126 Å². The van der Waals surface area contributed by atoms with Crippen LogP contribution >= 0.6 is 0 Å². The van der Waals surface area contributed by atoms with Gasteiger partial charge in [-0.3, -0.25) is 33.5 Å². The molecule has 17 nitrogen and oxygen atoms in total. The highest BCUT2D eigenvalue weighted by molar-refractivity contribution is 5.96.